The molecule has 0 spiro atoms. The van der Waals surface area contributed by atoms with E-state index >= 15 is 0 Å². The van der Waals surface area contributed by atoms with Gasteiger partial charge in [0.25, 0.3) is 0 Å². The van der Waals surface area contributed by atoms with Gasteiger partial charge in [0.1, 0.15) is 5.75 Å². The van der Waals surface area contributed by atoms with Gasteiger partial charge in [-0.2, -0.15) is 13.2 Å². The maximum atomic E-state index is 12.8. The van der Waals surface area contributed by atoms with Crippen molar-refractivity contribution < 1.29 is 27.8 Å². The molecule has 0 aliphatic heterocycles. The van der Waals surface area contributed by atoms with Gasteiger partial charge in [0.15, 0.2) is 0 Å². The second-order valence-corrected chi connectivity index (χ2v) is 6.15. The summed E-state index contributed by atoms with van der Waals surface area (Å²) in [6.07, 6.45) is -3.31. The van der Waals surface area contributed by atoms with Crippen LogP contribution in [0.15, 0.2) is 48.0 Å². The lowest BCUT2D eigenvalue weighted by atomic mass is 9.81. The van der Waals surface area contributed by atoms with Crippen LogP contribution >= 0.6 is 0 Å². The average molecular weight is 362 g/mol. The number of ether oxygens (including phenoxy) is 1. The van der Waals surface area contributed by atoms with E-state index in [1.807, 2.05) is 18.2 Å². The number of fused-ring (bicyclic) bond motifs is 1. The van der Waals surface area contributed by atoms with E-state index in [0.717, 1.165) is 23.3 Å². The Kier molecular flexibility index (Phi) is 4.76. The molecule has 0 amide bonds. The Hall–Kier alpha value is -2.76. The SMILES string of the molecule is COc1ccc2c(c1)C(c1ccc(C(F)(F)F)cc1)=C(CC(=O)O)CC2. The molecule has 1 aliphatic rings. The number of hydrogen-bond donors (Lipinski definition) is 1. The molecule has 0 fully saturated rings. The summed E-state index contributed by atoms with van der Waals surface area (Å²) in [5.41, 5.74) is 3.06. The Morgan fingerprint density at radius 1 is 1.12 bits per heavy atom. The van der Waals surface area contributed by atoms with Crippen LogP contribution in [0.25, 0.3) is 5.57 Å². The number of rotatable bonds is 4. The van der Waals surface area contributed by atoms with Crippen LogP contribution in [0, 0.1) is 0 Å². The summed E-state index contributed by atoms with van der Waals surface area (Å²) in [5.74, 6) is -0.347. The van der Waals surface area contributed by atoms with Crippen molar-refractivity contribution >= 4 is 11.5 Å². The van der Waals surface area contributed by atoms with E-state index in [1.165, 1.54) is 19.2 Å². The lowest BCUT2D eigenvalue weighted by Gasteiger charge is -2.24. The molecule has 3 nitrogen and oxygen atoms in total. The van der Waals surface area contributed by atoms with Gasteiger partial charge in [0.05, 0.1) is 19.1 Å². The highest BCUT2D eigenvalue weighted by Crippen LogP contribution is 2.40. The number of methoxy groups -OCH3 is 1. The van der Waals surface area contributed by atoms with E-state index in [1.54, 1.807) is 0 Å². The fourth-order valence-corrected chi connectivity index (χ4v) is 3.28. The number of carboxylic acids is 1. The van der Waals surface area contributed by atoms with Crippen molar-refractivity contribution in [1.29, 1.82) is 0 Å². The third kappa shape index (κ3) is 3.59. The first-order valence-electron chi connectivity index (χ1n) is 8.08. The Balaban J connectivity index is 2.15. The molecule has 1 N–H and O–H groups in total. The molecular weight excluding hydrogens is 345 g/mol. The molecule has 3 rings (SSSR count). The molecular formula is C20H17F3O3. The van der Waals surface area contributed by atoms with Crippen molar-refractivity contribution in [3.8, 4) is 5.75 Å². The highest BCUT2D eigenvalue weighted by molar-refractivity contribution is 5.88. The summed E-state index contributed by atoms with van der Waals surface area (Å²) in [7, 11) is 1.53. The van der Waals surface area contributed by atoms with Crippen LogP contribution < -0.4 is 4.74 Å². The topological polar surface area (TPSA) is 46.5 Å². The third-order valence-electron chi connectivity index (χ3n) is 4.50. The zero-order valence-electron chi connectivity index (χ0n) is 14.1. The summed E-state index contributed by atoms with van der Waals surface area (Å²) in [4.78, 5) is 11.3. The zero-order valence-corrected chi connectivity index (χ0v) is 14.1. The average Bonchev–Trinajstić information content (AvgIpc) is 2.60. The van der Waals surface area contributed by atoms with Gasteiger partial charge in [-0.05, 0) is 59.4 Å². The lowest BCUT2D eigenvalue weighted by Crippen LogP contribution is -2.10. The summed E-state index contributed by atoms with van der Waals surface area (Å²) in [5, 5.41) is 9.22. The normalized spacial score (nSPS) is 14.2. The van der Waals surface area contributed by atoms with Crippen LogP contribution in [-0.2, 0) is 17.4 Å². The maximum Gasteiger partial charge on any atom is 0.416 e. The van der Waals surface area contributed by atoms with Crippen molar-refractivity contribution in [2.45, 2.75) is 25.4 Å². The van der Waals surface area contributed by atoms with Crippen molar-refractivity contribution in [3.05, 3.63) is 70.3 Å². The van der Waals surface area contributed by atoms with Crippen molar-refractivity contribution in [3.63, 3.8) is 0 Å². The number of hydrogen-bond acceptors (Lipinski definition) is 2. The summed E-state index contributed by atoms with van der Waals surface area (Å²) in [6, 6.07) is 10.4. The Morgan fingerprint density at radius 3 is 2.38 bits per heavy atom. The molecule has 0 heterocycles. The van der Waals surface area contributed by atoms with Crippen LogP contribution in [0.2, 0.25) is 0 Å². The van der Waals surface area contributed by atoms with Crippen LogP contribution in [0.1, 0.15) is 35.1 Å². The predicted molar refractivity (Wildman–Crippen MR) is 91.0 cm³/mol. The number of benzene rings is 2. The molecule has 6 heteroatoms. The summed E-state index contributed by atoms with van der Waals surface area (Å²) >= 11 is 0. The van der Waals surface area contributed by atoms with Gasteiger partial charge in [-0.1, -0.05) is 23.8 Å². The van der Waals surface area contributed by atoms with E-state index in [0.29, 0.717) is 35.3 Å². The molecule has 0 radical (unpaired) electrons. The van der Waals surface area contributed by atoms with Crippen LogP contribution in [0.3, 0.4) is 0 Å². The quantitative estimate of drug-likeness (QED) is 0.838. The third-order valence-corrected chi connectivity index (χ3v) is 4.50. The number of carbonyl (C=O) groups is 1. The fourth-order valence-electron chi connectivity index (χ4n) is 3.28. The maximum absolute atomic E-state index is 12.8. The standard InChI is InChI=1S/C20H17F3O3/c1-26-16-9-6-12-2-3-14(10-18(24)25)19(17(12)11-16)13-4-7-15(8-5-13)20(21,22)23/h4-9,11H,2-3,10H2,1H3,(H,24,25). The first-order chi connectivity index (χ1) is 12.3. The first kappa shape index (κ1) is 18.0. The molecule has 0 unspecified atom stereocenters. The van der Waals surface area contributed by atoms with Gasteiger partial charge in [-0.3, -0.25) is 4.79 Å². The van der Waals surface area contributed by atoms with Crippen molar-refractivity contribution in [2.75, 3.05) is 7.11 Å². The fraction of sp³-hybridized carbons (Fsp3) is 0.250. The van der Waals surface area contributed by atoms with E-state index < -0.39 is 17.7 Å². The molecule has 26 heavy (non-hydrogen) atoms. The molecule has 2 aromatic carbocycles. The Morgan fingerprint density at radius 2 is 1.81 bits per heavy atom. The van der Waals surface area contributed by atoms with Gasteiger partial charge in [-0.25, -0.2) is 0 Å². The minimum absolute atomic E-state index is 0.146. The van der Waals surface area contributed by atoms with Gasteiger partial charge in [0, 0.05) is 0 Å². The van der Waals surface area contributed by atoms with Gasteiger partial charge in [0.2, 0.25) is 0 Å². The smallest absolute Gasteiger partial charge is 0.416 e. The predicted octanol–water partition coefficient (Wildman–Crippen LogP) is 4.94. The zero-order chi connectivity index (χ0) is 18.9. The number of halogens is 3. The number of aliphatic carboxylic acids is 1. The second kappa shape index (κ2) is 6.86. The minimum atomic E-state index is -4.41. The van der Waals surface area contributed by atoms with E-state index in [2.05, 4.69) is 0 Å². The van der Waals surface area contributed by atoms with E-state index in [-0.39, 0.29) is 6.42 Å². The monoisotopic (exact) mass is 362 g/mol. The largest absolute Gasteiger partial charge is 0.497 e. The first-order valence-corrected chi connectivity index (χ1v) is 8.08. The van der Waals surface area contributed by atoms with Crippen molar-refractivity contribution in [2.24, 2.45) is 0 Å². The highest BCUT2D eigenvalue weighted by atomic mass is 19.4. The lowest BCUT2D eigenvalue weighted by molar-refractivity contribution is -0.138. The summed E-state index contributed by atoms with van der Waals surface area (Å²) < 4.78 is 43.8. The Labute approximate surface area is 148 Å². The van der Waals surface area contributed by atoms with Gasteiger partial charge in [-0.15, -0.1) is 0 Å². The number of alkyl halides is 3. The highest BCUT2D eigenvalue weighted by Gasteiger charge is 2.30. The van der Waals surface area contributed by atoms with E-state index in [4.69, 9.17) is 4.74 Å². The molecule has 1 aliphatic carbocycles. The summed E-state index contributed by atoms with van der Waals surface area (Å²) in [6.45, 7) is 0. The van der Waals surface area contributed by atoms with Gasteiger partial charge >= 0.3 is 12.1 Å². The molecule has 0 saturated heterocycles. The van der Waals surface area contributed by atoms with Crippen molar-refractivity contribution in [1.82, 2.24) is 0 Å². The van der Waals surface area contributed by atoms with Crippen LogP contribution in [0.5, 0.6) is 5.75 Å². The molecule has 0 aromatic heterocycles. The number of aryl methyl sites for hydroxylation is 1. The minimum Gasteiger partial charge on any atom is -0.497 e. The molecule has 136 valence electrons. The number of carboxylic acid groups (broad SMARTS) is 1. The van der Waals surface area contributed by atoms with Crippen LogP contribution in [0.4, 0.5) is 13.2 Å². The molecule has 2 aromatic rings. The van der Waals surface area contributed by atoms with Crippen LogP contribution in [-0.4, -0.2) is 18.2 Å². The second-order valence-electron chi connectivity index (χ2n) is 6.15. The Bertz CT molecular complexity index is 865. The molecule has 0 bridgehead atoms. The molecule has 0 atom stereocenters. The molecule has 0 saturated carbocycles. The van der Waals surface area contributed by atoms with Gasteiger partial charge < -0.3 is 9.84 Å². The van der Waals surface area contributed by atoms with E-state index in [9.17, 15) is 23.1 Å².